The van der Waals surface area contributed by atoms with Crippen molar-refractivity contribution < 1.29 is 18.0 Å². The number of carbonyl (C=O) groups excluding carboxylic acids is 1. The zero-order valence-electron chi connectivity index (χ0n) is 12.1. The molecule has 0 aliphatic carbocycles. The van der Waals surface area contributed by atoms with Gasteiger partial charge in [0.05, 0.1) is 11.3 Å². The molecule has 1 amide bonds. The van der Waals surface area contributed by atoms with Crippen LogP contribution in [0.5, 0.6) is 0 Å². The van der Waals surface area contributed by atoms with E-state index < -0.39 is 23.5 Å². The van der Waals surface area contributed by atoms with Gasteiger partial charge in [-0.25, -0.2) is 4.98 Å². The summed E-state index contributed by atoms with van der Waals surface area (Å²) >= 11 is 5.59. The van der Waals surface area contributed by atoms with Crippen LogP contribution in [0.3, 0.4) is 0 Å². The van der Waals surface area contributed by atoms with E-state index in [-0.39, 0.29) is 16.5 Å². The fourth-order valence-corrected chi connectivity index (χ4v) is 2.07. The first-order valence-electron chi connectivity index (χ1n) is 6.42. The van der Waals surface area contributed by atoms with Gasteiger partial charge >= 0.3 is 6.18 Å². The zero-order chi connectivity index (χ0) is 17.2. The second kappa shape index (κ2) is 6.41. The summed E-state index contributed by atoms with van der Waals surface area (Å²) < 4.78 is 39.2. The van der Waals surface area contributed by atoms with Gasteiger partial charge in [0, 0.05) is 13.2 Å². The molecule has 1 aromatic heterocycles. The number of halogens is 4. The summed E-state index contributed by atoms with van der Waals surface area (Å²) in [5, 5.41) is 4.65. The molecule has 5 nitrogen and oxygen atoms in total. The molecule has 0 aliphatic rings. The molecule has 0 unspecified atom stereocenters. The number of aryl methyl sites for hydroxylation is 1. The fraction of sp³-hybridized carbons (Fsp3) is 0.214. The van der Waals surface area contributed by atoms with E-state index >= 15 is 0 Å². The Morgan fingerprint density at radius 3 is 2.61 bits per heavy atom. The van der Waals surface area contributed by atoms with E-state index in [0.29, 0.717) is 11.8 Å². The average molecular weight is 345 g/mol. The molecular weight excluding hydrogens is 333 g/mol. The summed E-state index contributed by atoms with van der Waals surface area (Å²) in [7, 11) is 1.43. The summed E-state index contributed by atoms with van der Waals surface area (Å²) in [6, 6.07) is 4.78. The van der Waals surface area contributed by atoms with Gasteiger partial charge in [-0.3, -0.25) is 4.79 Å². The molecule has 0 saturated heterocycles. The predicted octanol–water partition coefficient (Wildman–Crippen LogP) is 3.56. The number of anilines is 2. The number of rotatable bonds is 3. The summed E-state index contributed by atoms with van der Waals surface area (Å²) in [4.78, 5) is 18.8. The maximum Gasteiger partial charge on any atom is 0.421 e. The van der Waals surface area contributed by atoms with Gasteiger partial charge in [-0.2, -0.15) is 18.2 Å². The topological polar surface area (TPSA) is 66.9 Å². The first-order chi connectivity index (χ1) is 10.7. The number of hydrogen-bond donors (Lipinski definition) is 2. The van der Waals surface area contributed by atoms with Crippen LogP contribution in [-0.4, -0.2) is 22.9 Å². The minimum atomic E-state index is -4.66. The van der Waals surface area contributed by atoms with Gasteiger partial charge in [0.2, 0.25) is 5.28 Å². The van der Waals surface area contributed by atoms with Gasteiger partial charge in [0.25, 0.3) is 5.91 Å². The maximum atomic E-state index is 13.1. The Kier molecular flexibility index (Phi) is 4.74. The Morgan fingerprint density at radius 1 is 1.30 bits per heavy atom. The van der Waals surface area contributed by atoms with Crippen molar-refractivity contribution in [3.8, 4) is 0 Å². The summed E-state index contributed by atoms with van der Waals surface area (Å²) in [5.41, 5.74) is -0.0931. The lowest BCUT2D eigenvalue weighted by Gasteiger charge is -2.17. The lowest BCUT2D eigenvalue weighted by molar-refractivity contribution is -0.137. The number of amides is 1. The van der Waals surface area contributed by atoms with Crippen molar-refractivity contribution in [3.63, 3.8) is 0 Å². The highest BCUT2D eigenvalue weighted by Crippen LogP contribution is 2.36. The molecule has 1 aromatic carbocycles. The normalized spacial score (nSPS) is 11.2. The molecule has 0 saturated carbocycles. The second-order valence-electron chi connectivity index (χ2n) is 4.60. The third kappa shape index (κ3) is 3.70. The third-order valence-corrected chi connectivity index (χ3v) is 3.23. The number of carbonyl (C=O) groups is 1. The SMILES string of the molecule is CNC(=O)c1cccc(C)c1Nc1nc(Cl)ncc1C(F)(F)F. The van der Waals surface area contributed by atoms with E-state index in [4.69, 9.17) is 11.6 Å². The molecule has 122 valence electrons. The van der Waals surface area contributed by atoms with Crippen LogP contribution in [0.4, 0.5) is 24.7 Å². The molecule has 9 heteroatoms. The monoisotopic (exact) mass is 344 g/mol. The van der Waals surface area contributed by atoms with Crippen LogP contribution in [0.2, 0.25) is 5.28 Å². The van der Waals surface area contributed by atoms with Crippen molar-refractivity contribution in [3.05, 3.63) is 46.4 Å². The molecular formula is C14H12ClF3N4O. The Balaban J connectivity index is 2.56. The number of nitrogens with zero attached hydrogens (tertiary/aromatic N) is 2. The van der Waals surface area contributed by atoms with Crippen LogP contribution < -0.4 is 10.6 Å². The molecule has 0 bridgehead atoms. The van der Waals surface area contributed by atoms with Crippen LogP contribution >= 0.6 is 11.6 Å². The Bertz CT molecular complexity index is 749. The summed E-state index contributed by atoms with van der Waals surface area (Å²) in [6.07, 6.45) is -4.07. The van der Waals surface area contributed by atoms with E-state index in [1.807, 2.05) is 0 Å². The van der Waals surface area contributed by atoms with Crippen molar-refractivity contribution in [2.24, 2.45) is 0 Å². The van der Waals surface area contributed by atoms with Gasteiger partial charge in [-0.05, 0) is 30.2 Å². The summed E-state index contributed by atoms with van der Waals surface area (Å²) in [6.45, 7) is 1.66. The van der Waals surface area contributed by atoms with Crippen molar-refractivity contribution in [1.29, 1.82) is 0 Å². The minimum absolute atomic E-state index is 0.190. The van der Waals surface area contributed by atoms with E-state index in [0.717, 1.165) is 0 Å². The van der Waals surface area contributed by atoms with Crippen molar-refractivity contribution in [2.75, 3.05) is 12.4 Å². The Hall–Kier alpha value is -2.35. The molecule has 2 aromatic rings. The second-order valence-corrected chi connectivity index (χ2v) is 4.94. The van der Waals surface area contributed by atoms with Crippen LogP contribution in [0.15, 0.2) is 24.4 Å². The van der Waals surface area contributed by atoms with E-state index in [2.05, 4.69) is 20.6 Å². The number of alkyl halides is 3. The van der Waals surface area contributed by atoms with Gasteiger partial charge in [0.15, 0.2) is 0 Å². The number of hydrogen-bond acceptors (Lipinski definition) is 4. The first-order valence-corrected chi connectivity index (χ1v) is 6.80. The maximum absolute atomic E-state index is 13.1. The van der Waals surface area contributed by atoms with Gasteiger partial charge in [-0.15, -0.1) is 0 Å². The Labute approximate surface area is 134 Å². The summed E-state index contributed by atoms with van der Waals surface area (Å²) in [5.74, 6) is -0.957. The van der Waals surface area contributed by atoms with Crippen LogP contribution in [0.1, 0.15) is 21.5 Å². The highest BCUT2D eigenvalue weighted by atomic mass is 35.5. The molecule has 2 rings (SSSR count). The number of benzene rings is 1. The van der Waals surface area contributed by atoms with Crippen molar-refractivity contribution >= 4 is 29.0 Å². The standard InChI is InChI=1S/C14H12ClF3N4O/c1-7-4-3-5-8(12(23)19-2)10(7)21-11-9(14(16,17)18)6-20-13(15)22-11/h3-6H,1-2H3,(H,19,23)(H,20,21,22). The van der Waals surface area contributed by atoms with Crippen LogP contribution in [0, 0.1) is 6.92 Å². The average Bonchev–Trinajstić information content (AvgIpc) is 2.47. The van der Waals surface area contributed by atoms with Crippen molar-refractivity contribution in [1.82, 2.24) is 15.3 Å². The number of nitrogens with one attached hydrogen (secondary N) is 2. The molecule has 0 atom stereocenters. The highest BCUT2D eigenvalue weighted by Gasteiger charge is 2.35. The predicted molar refractivity (Wildman–Crippen MR) is 79.9 cm³/mol. The highest BCUT2D eigenvalue weighted by molar-refractivity contribution is 6.28. The minimum Gasteiger partial charge on any atom is -0.355 e. The fourth-order valence-electron chi connectivity index (χ4n) is 1.94. The molecule has 23 heavy (non-hydrogen) atoms. The van der Waals surface area contributed by atoms with Crippen molar-refractivity contribution in [2.45, 2.75) is 13.1 Å². The molecule has 0 radical (unpaired) electrons. The Morgan fingerprint density at radius 2 is 2.00 bits per heavy atom. The first kappa shape index (κ1) is 17.0. The molecule has 0 spiro atoms. The molecule has 1 heterocycles. The molecule has 0 fully saturated rings. The van der Waals surface area contributed by atoms with Gasteiger partial charge in [0.1, 0.15) is 11.4 Å². The smallest absolute Gasteiger partial charge is 0.355 e. The number of aromatic nitrogens is 2. The van der Waals surface area contributed by atoms with Gasteiger partial charge < -0.3 is 10.6 Å². The zero-order valence-corrected chi connectivity index (χ0v) is 12.9. The van der Waals surface area contributed by atoms with E-state index in [9.17, 15) is 18.0 Å². The molecule has 0 aliphatic heterocycles. The van der Waals surface area contributed by atoms with Crippen LogP contribution in [-0.2, 0) is 6.18 Å². The van der Waals surface area contributed by atoms with E-state index in [1.54, 1.807) is 19.1 Å². The molecule has 2 N–H and O–H groups in total. The largest absolute Gasteiger partial charge is 0.421 e. The quantitative estimate of drug-likeness (QED) is 0.835. The number of para-hydroxylation sites is 1. The lowest BCUT2D eigenvalue weighted by atomic mass is 10.1. The third-order valence-electron chi connectivity index (χ3n) is 3.05. The van der Waals surface area contributed by atoms with E-state index in [1.165, 1.54) is 13.1 Å². The van der Waals surface area contributed by atoms with Crippen LogP contribution in [0.25, 0.3) is 0 Å². The lowest BCUT2D eigenvalue weighted by Crippen LogP contribution is -2.20. The van der Waals surface area contributed by atoms with Gasteiger partial charge in [-0.1, -0.05) is 12.1 Å².